The second-order valence-electron chi connectivity index (χ2n) is 5.46. The third-order valence-electron chi connectivity index (χ3n) is 3.48. The predicted octanol–water partition coefficient (Wildman–Crippen LogP) is 3.81. The number of hydrogen-bond donors (Lipinski definition) is 1. The molecule has 0 bridgehead atoms. The van der Waals surface area contributed by atoms with Crippen LogP contribution in [0, 0.1) is 0 Å². The second-order valence-corrected chi connectivity index (χ2v) is 5.46. The summed E-state index contributed by atoms with van der Waals surface area (Å²) in [6.07, 6.45) is 4.57. The Balaban J connectivity index is 2.18. The molecule has 0 spiro atoms. The lowest BCUT2D eigenvalue weighted by Crippen LogP contribution is -2.25. The summed E-state index contributed by atoms with van der Waals surface area (Å²) in [5.74, 6) is 0.928. The van der Waals surface area contributed by atoms with Crippen LogP contribution in [-0.2, 0) is 11.2 Å². The number of aryl methyl sites for hydroxylation is 1. The summed E-state index contributed by atoms with van der Waals surface area (Å²) in [7, 11) is 0. The van der Waals surface area contributed by atoms with E-state index in [1.807, 2.05) is 0 Å². The van der Waals surface area contributed by atoms with Gasteiger partial charge in [0.05, 0.1) is 6.61 Å². The van der Waals surface area contributed by atoms with E-state index in [1.165, 1.54) is 18.4 Å². The van der Waals surface area contributed by atoms with E-state index >= 15 is 0 Å². The summed E-state index contributed by atoms with van der Waals surface area (Å²) in [4.78, 5) is 0. The summed E-state index contributed by atoms with van der Waals surface area (Å²) in [5.41, 5.74) is 1.37. The molecule has 0 radical (unpaired) electrons. The maximum Gasteiger partial charge on any atom is 0.119 e. The number of ether oxygens (including phenoxy) is 2. The van der Waals surface area contributed by atoms with Gasteiger partial charge in [-0.05, 0) is 50.4 Å². The van der Waals surface area contributed by atoms with Crippen LogP contribution in [0.4, 0.5) is 0 Å². The Kier molecular flexibility index (Phi) is 9.92. The van der Waals surface area contributed by atoms with Crippen molar-refractivity contribution in [1.82, 2.24) is 5.32 Å². The van der Waals surface area contributed by atoms with Gasteiger partial charge in [-0.25, -0.2) is 0 Å². The summed E-state index contributed by atoms with van der Waals surface area (Å²) in [6, 6.07) is 9.00. The van der Waals surface area contributed by atoms with Crippen molar-refractivity contribution in [2.24, 2.45) is 0 Å². The largest absolute Gasteiger partial charge is 0.491 e. The molecule has 0 aliphatic rings. The fraction of sp³-hybridized carbons (Fsp3) is 0.667. The predicted molar refractivity (Wildman–Crippen MR) is 89.1 cm³/mol. The third-order valence-corrected chi connectivity index (χ3v) is 3.48. The molecule has 1 atom stereocenters. The van der Waals surface area contributed by atoms with Crippen LogP contribution in [0.2, 0.25) is 0 Å². The van der Waals surface area contributed by atoms with Gasteiger partial charge in [0.2, 0.25) is 0 Å². The van der Waals surface area contributed by atoms with E-state index in [2.05, 4.69) is 50.4 Å². The molecule has 0 aliphatic carbocycles. The molecule has 21 heavy (non-hydrogen) atoms. The molecule has 0 amide bonds. The van der Waals surface area contributed by atoms with E-state index in [4.69, 9.17) is 9.47 Å². The van der Waals surface area contributed by atoms with Crippen molar-refractivity contribution in [3.63, 3.8) is 0 Å². The average molecular weight is 293 g/mol. The molecule has 120 valence electrons. The van der Waals surface area contributed by atoms with Crippen LogP contribution in [0.15, 0.2) is 24.3 Å². The van der Waals surface area contributed by atoms with Crippen molar-refractivity contribution in [2.45, 2.75) is 52.5 Å². The quantitative estimate of drug-likeness (QED) is 0.594. The van der Waals surface area contributed by atoms with E-state index in [9.17, 15) is 0 Å². The highest BCUT2D eigenvalue weighted by molar-refractivity contribution is 5.27. The van der Waals surface area contributed by atoms with Crippen molar-refractivity contribution < 1.29 is 9.47 Å². The Morgan fingerprint density at radius 2 is 1.81 bits per heavy atom. The van der Waals surface area contributed by atoms with Crippen molar-refractivity contribution in [1.29, 1.82) is 0 Å². The molecule has 3 heteroatoms. The van der Waals surface area contributed by atoms with Gasteiger partial charge in [0.25, 0.3) is 0 Å². The zero-order chi connectivity index (χ0) is 15.3. The first-order valence-electron chi connectivity index (χ1n) is 8.29. The lowest BCUT2D eigenvalue weighted by Gasteiger charge is -2.12. The van der Waals surface area contributed by atoms with Gasteiger partial charge in [-0.1, -0.05) is 32.4 Å². The number of unbranched alkanes of at least 4 members (excludes halogenated alkanes) is 1. The smallest absolute Gasteiger partial charge is 0.119 e. The number of nitrogens with one attached hydrogen (secondary N) is 1. The molecular weight excluding hydrogens is 262 g/mol. The maximum absolute atomic E-state index is 5.67. The topological polar surface area (TPSA) is 30.5 Å². The Hall–Kier alpha value is -1.06. The first-order chi connectivity index (χ1) is 10.3. The minimum Gasteiger partial charge on any atom is -0.491 e. The zero-order valence-corrected chi connectivity index (χ0v) is 13.9. The molecule has 0 saturated carbocycles. The van der Waals surface area contributed by atoms with E-state index < -0.39 is 0 Å². The minimum absolute atomic E-state index is 0.575. The van der Waals surface area contributed by atoms with Gasteiger partial charge in [0.1, 0.15) is 12.4 Å². The average Bonchev–Trinajstić information content (AvgIpc) is 2.50. The second kappa shape index (κ2) is 11.6. The Bertz CT molecular complexity index is 351. The molecule has 0 aliphatic heterocycles. The highest BCUT2D eigenvalue weighted by atomic mass is 16.5. The molecule has 0 heterocycles. The lowest BCUT2D eigenvalue weighted by atomic mass is 10.1. The van der Waals surface area contributed by atoms with E-state index in [-0.39, 0.29) is 0 Å². The number of hydrogen-bond acceptors (Lipinski definition) is 3. The molecule has 1 unspecified atom stereocenters. The van der Waals surface area contributed by atoms with E-state index in [0.717, 1.165) is 31.7 Å². The highest BCUT2D eigenvalue weighted by Crippen LogP contribution is 2.14. The van der Waals surface area contributed by atoms with E-state index in [0.29, 0.717) is 19.3 Å². The lowest BCUT2D eigenvalue weighted by molar-refractivity contribution is 0.0980. The minimum atomic E-state index is 0.575. The van der Waals surface area contributed by atoms with Crippen LogP contribution in [0.1, 0.15) is 45.6 Å². The van der Waals surface area contributed by atoms with Crippen molar-refractivity contribution in [3.05, 3.63) is 29.8 Å². The summed E-state index contributed by atoms with van der Waals surface area (Å²) in [5, 5.41) is 3.44. The van der Waals surface area contributed by atoms with Crippen molar-refractivity contribution in [3.8, 4) is 5.75 Å². The molecule has 1 rings (SSSR count). The fourth-order valence-electron chi connectivity index (χ4n) is 2.15. The number of benzene rings is 1. The van der Waals surface area contributed by atoms with Gasteiger partial charge in [0.15, 0.2) is 0 Å². The molecule has 1 N–H and O–H groups in total. The van der Waals surface area contributed by atoms with Gasteiger partial charge in [-0.15, -0.1) is 0 Å². The first-order valence-corrected chi connectivity index (χ1v) is 8.29. The number of rotatable bonds is 12. The normalized spacial score (nSPS) is 12.3. The van der Waals surface area contributed by atoms with Gasteiger partial charge < -0.3 is 14.8 Å². The van der Waals surface area contributed by atoms with Gasteiger partial charge in [-0.3, -0.25) is 0 Å². The molecule has 1 aromatic carbocycles. The summed E-state index contributed by atoms with van der Waals surface area (Å²) < 4.78 is 11.1. The van der Waals surface area contributed by atoms with Gasteiger partial charge in [-0.2, -0.15) is 0 Å². The summed E-state index contributed by atoms with van der Waals surface area (Å²) >= 11 is 0. The fourth-order valence-corrected chi connectivity index (χ4v) is 2.15. The third kappa shape index (κ3) is 8.74. The monoisotopic (exact) mass is 293 g/mol. The van der Waals surface area contributed by atoms with Crippen molar-refractivity contribution in [2.75, 3.05) is 26.4 Å². The van der Waals surface area contributed by atoms with Crippen LogP contribution in [0.25, 0.3) is 0 Å². The SMILES string of the molecule is CCCCOCCOc1ccc(CCC(C)NCC)cc1. The molecular formula is C18H31NO2. The van der Waals surface area contributed by atoms with Crippen LogP contribution >= 0.6 is 0 Å². The van der Waals surface area contributed by atoms with Crippen LogP contribution in [0.5, 0.6) is 5.75 Å². The molecule has 3 nitrogen and oxygen atoms in total. The van der Waals surface area contributed by atoms with E-state index in [1.54, 1.807) is 0 Å². The molecule has 0 fully saturated rings. The zero-order valence-electron chi connectivity index (χ0n) is 13.9. The van der Waals surface area contributed by atoms with Crippen LogP contribution in [0.3, 0.4) is 0 Å². The molecule has 0 saturated heterocycles. The van der Waals surface area contributed by atoms with Crippen molar-refractivity contribution >= 4 is 0 Å². The summed E-state index contributed by atoms with van der Waals surface area (Å²) in [6.45, 7) is 9.72. The first kappa shape index (κ1) is 18.0. The van der Waals surface area contributed by atoms with Gasteiger partial charge >= 0.3 is 0 Å². The maximum atomic E-state index is 5.67. The molecule has 0 aromatic heterocycles. The Morgan fingerprint density at radius 1 is 1.05 bits per heavy atom. The standard InChI is InChI=1S/C18H31NO2/c1-4-6-13-20-14-15-21-18-11-9-17(10-12-18)8-7-16(3)19-5-2/h9-12,16,19H,4-8,13-15H2,1-3H3. The molecule has 1 aromatic rings. The van der Waals surface area contributed by atoms with Gasteiger partial charge in [0, 0.05) is 12.6 Å². The Morgan fingerprint density at radius 3 is 2.48 bits per heavy atom. The Labute approximate surface area is 130 Å². The van der Waals surface area contributed by atoms with Crippen LogP contribution < -0.4 is 10.1 Å². The van der Waals surface area contributed by atoms with Crippen LogP contribution in [-0.4, -0.2) is 32.4 Å². The highest BCUT2D eigenvalue weighted by Gasteiger charge is 2.01.